The molecule has 0 saturated carbocycles. The van der Waals surface area contributed by atoms with E-state index in [0.29, 0.717) is 18.4 Å². The molecule has 0 aromatic heterocycles. The van der Waals surface area contributed by atoms with E-state index in [1.165, 1.54) is 11.8 Å². The Bertz CT molecular complexity index is 612. The molecule has 3 fully saturated rings. The highest BCUT2D eigenvalue weighted by atomic mass is 35.5. The molecule has 3 aliphatic rings. The van der Waals surface area contributed by atoms with E-state index in [1.807, 2.05) is 0 Å². The first-order chi connectivity index (χ1) is 14.6. The van der Waals surface area contributed by atoms with Crippen LogP contribution in [0.5, 0.6) is 0 Å². The van der Waals surface area contributed by atoms with Gasteiger partial charge in [0.05, 0.1) is 17.5 Å². The third kappa shape index (κ3) is 5.51. The van der Waals surface area contributed by atoms with Crippen LogP contribution in [-0.2, 0) is 14.3 Å². The van der Waals surface area contributed by atoms with Crippen LogP contribution in [0.3, 0.4) is 0 Å². The minimum absolute atomic E-state index is 0.210. The number of nitrogens with one attached hydrogen (secondary N) is 2. The van der Waals surface area contributed by atoms with Crippen molar-refractivity contribution in [3.8, 4) is 0 Å². The molecule has 180 valence electrons. The number of halogens is 1. The number of carbonyl (C=O) groups excluding carboxylic acids is 1. The van der Waals surface area contributed by atoms with Crippen LogP contribution in [0.1, 0.15) is 33.6 Å². The predicted octanol–water partition coefficient (Wildman–Crippen LogP) is 0.308. The van der Waals surface area contributed by atoms with Gasteiger partial charge in [0.1, 0.15) is 35.9 Å². The molecule has 0 aromatic carbocycles. The first-order valence-electron chi connectivity index (χ1n) is 11.2. The van der Waals surface area contributed by atoms with Crippen LogP contribution in [0.15, 0.2) is 0 Å². The van der Waals surface area contributed by atoms with E-state index in [9.17, 15) is 20.1 Å². The number of ether oxygens (including phenoxy) is 2. The fourth-order valence-corrected chi connectivity index (χ4v) is 5.91. The Morgan fingerprint density at radius 2 is 1.90 bits per heavy atom. The van der Waals surface area contributed by atoms with Crippen LogP contribution in [0.4, 0.5) is 0 Å². The molecule has 8 nitrogen and oxygen atoms in total. The van der Waals surface area contributed by atoms with Gasteiger partial charge in [-0.3, -0.25) is 4.79 Å². The monoisotopic (exact) mass is 480 g/mol. The van der Waals surface area contributed by atoms with Crippen molar-refractivity contribution in [3.05, 3.63) is 0 Å². The maximum atomic E-state index is 13.2. The zero-order chi connectivity index (χ0) is 22.9. The van der Waals surface area contributed by atoms with Crippen molar-refractivity contribution in [3.63, 3.8) is 0 Å². The molecule has 31 heavy (non-hydrogen) atoms. The molecule has 10 heteroatoms. The normalized spacial score (nSPS) is 43.2. The Morgan fingerprint density at radius 1 is 1.19 bits per heavy atom. The quantitative estimate of drug-likeness (QED) is 0.344. The summed E-state index contributed by atoms with van der Waals surface area (Å²) in [6, 6.07) is -1.27. The van der Waals surface area contributed by atoms with Crippen molar-refractivity contribution in [2.75, 3.05) is 19.4 Å². The van der Waals surface area contributed by atoms with E-state index < -0.39 is 47.3 Å². The Kier molecular flexibility index (Phi) is 8.93. The lowest BCUT2D eigenvalue weighted by atomic mass is 9.83. The molecule has 3 aliphatic heterocycles. The summed E-state index contributed by atoms with van der Waals surface area (Å²) in [5.74, 6) is 1.17. The SMILES string of the molecule is CSC1O[C@H]([C@H](NC(=O)[C@H]2NC[C@@H]3C[C@@H](C(C)C)CCO[C@H]32)[C@H](C)Cl)C(O)C(O)[C@H]1O. The third-order valence-electron chi connectivity index (χ3n) is 7.02. The van der Waals surface area contributed by atoms with Crippen LogP contribution in [-0.4, -0.2) is 94.1 Å². The van der Waals surface area contributed by atoms with E-state index in [0.717, 1.165) is 19.4 Å². The molecule has 0 radical (unpaired) electrons. The minimum atomic E-state index is -1.39. The van der Waals surface area contributed by atoms with Gasteiger partial charge in [0.25, 0.3) is 0 Å². The van der Waals surface area contributed by atoms with Gasteiger partial charge < -0.3 is 35.4 Å². The maximum absolute atomic E-state index is 13.2. The standard InChI is InChI=1S/C21H37ClN2O6S/c1-9(2)11-5-6-29-18-12(7-11)8-23-14(18)20(28)24-13(10(3)22)19-16(26)15(25)17(27)21(30-19)31-4/h9-19,21,23,25-27H,5-8H2,1-4H3,(H,24,28)/t10-,11-,12-,13+,14-,15?,16?,17+,18+,19+,21?/m0/s1. The summed E-state index contributed by atoms with van der Waals surface area (Å²) < 4.78 is 11.9. The second-order valence-corrected chi connectivity index (χ2v) is 11.0. The largest absolute Gasteiger partial charge is 0.388 e. The number of fused-ring (bicyclic) bond motifs is 1. The first kappa shape index (κ1) is 25.5. The van der Waals surface area contributed by atoms with Crippen LogP contribution in [0.2, 0.25) is 0 Å². The Morgan fingerprint density at radius 3 is 2.52 bits per heavy atom. The number of carbonyl (C=O) groups is 1. The van der Waals surface area contributed by atoms with Crippen LogP contribution < -0.4 is 10.6 Å². The molecular formula is C21H37ClN2O6S. The van der Waals surface area contributed by atoms with Gasteiger partial charge in [-0.05, 0) is 43.8 Å². The van der Waals surface area contributed by atoms with Gasteiger partial charge in [-0.2, -0.15) is 0 Å². The van der Waals surface area contributed by atoms with Crippen molar-refractivity contribution in [2.45, 2.75) is 87.0 Å². The van der Waals surface area contributed by atoms with Crippen molar-refractivity contribution < 1.29 is 29.6 Å². The van der Waals surface area contributed by atoms with Crippen LogP contribution >= 0.6 is 23.4 Å². The van der Waals surface area contributed by atoms with E-state index in [4.69, 9.17) is 21.1 Å². The summed E-state index contributed by atoms with van der Waals surface area (Å²) >= 11 is 7.60. The lowest BCUT2D eigenvalue weighted by Crippen LogP contribution is -2.65. The number of aliphatic hydroxyl groups excluding tert-OH is 3. The Labute approximate surface area is 193 Å². The highest BCUT2D eigenvalue weighted by Crippen LogP contribution is 2.34. The molecule has 3 unspecified atom stereocenters. The van der Waals surface area contributed by atoms with Crippen LogP contribution in [0.25, 0.3) is 0 Å². The fraction of sp³-hybridized carbons (Fsp3) is 0.952. The lowest BCUT2D eigenvalue weighted by Gasteiger charge is -2.44. The number of hydrogen-bond donors (Lipinski definition) is 5. The second kappa shape index (κ2) is 10.9. The molecule has 11 atom stereocenters. The smallest absolute Gasteiger partial charge is 0.240 e. The molecule has 3 saturated heterocycles. The molecule has 3 heterocycles. The van der Waals surface area contributed by atoms with E-state index in [1.54, 1.807) is 13.2 Å². The van der Waals surface area contributed by atoms with Crippen molar-refractivity contribution >= 4 is 29.3 Å². The topological polar surface area (TPSA) is 120 Å². The van der Waals surface area contributed by atoms with Gasteiger partial charge in [-0.1, -0.05) is 13.8 Å². The van der Waals surface area contributed by atoms with Gasteiger partial charge in [-0.25, -0.2) is 0 Å². The molecule has 3 rings (SSSR count). The minimum Gasteiger partial charge on any atom is -0.388 e. The molecule has 5 N–H and O–H groups in total. The summed E-state index contributed by atoms with van der Waals surface area (Å²) in [6.07, 6.45) is -1.40. The summed E-state index contributed by atoms with van der Waals surface area (Å²) in [5.41, 5.74) is -0.731. The molecule has 0 bridgehead atoms. The van der Waals surface area contributed by atoms with Gasteiger partial charge in [0.15, 0.2) is 0 Å². The Hall–Kier alpha value is -0.130. The van der Waals surface area contributed by atoms with Crippen molar-refractivity contribution in [1.82, 2.24) is 10.6 Å². The van der Waals surface area contributed by atoms with Crippen molar-refractivity contribution in [2.24, 2.45) is 17.8 Å². The average Bonchev–Trinajstić information content (AvgIpc) is 3.00. The number of amides is 1. The summed E-state index contributed by atoms with van der Waals surface area (Å²) in [6.45, 7) is 7.51. The number of alkyl halides is 1. The highest BCUT2D eigenvalue weighted by Gasteiger charge is 2.49. The number of hydrogen-bond acceptors (Lipinski definition) is 8. The first-order valence-corrected chi connectivity index (χ1v) is 12.9. The fourth-order valence-electron chi connectivity index (χ4n) is 5.02. The van der Waals surface area contributed by atoms with Gasteiger partial charge in [0.2, 0.25) is 5.91 Å². The number of rotatable bonds is 6. The summed E-state index contributed by atoms with van der Waals surface area (Å²) in [4.78, 5) is 13.2. The lowest BCUT2D eigenvalue weighted by molar-refractivity contribution is -0.205. The maximum Gasteiger partial charge on any atom is 0.240 e. The number of thioether (sulfide) groups is 1. The summed E-state index contributed by atoms with van der Waals surface area (Å²) in [5, 5.41) is 36.6. The van der Waals surface area contributed by atoms with Gasteiger partial charge in [0, 0.05) is 13.2 Å². The average molecular weight is 481 g/mol. The van der Waals surface area contributed by atoms with E-state index >= 15 is 0 Å². The molecule has 0 spiro atoms. The Balaban J connectivity index is 1.70. The van der Waals surface area contributed by atoms with E-state index in [2.05, 4.69) is 24.5 Å². The van der Waals surface area contributed by atoms with Gasteiger partial charge in [-0.15, -0.1) is 23.4 Å². The molecule has 1 amide bonds. The zero-order valence-electron chi connectivity index (χ0n) is 18.6. The predicted molar refractivity (Wildman–Crippen MR) is 120 cm³/mol. The molecule has 0 aliphatic carbocycles. The third-order valence-corrected chi connectivity index (χ3v) is 8.15. The zero-order valence-corrected chi connectivity index (χ0v) is 20.2. The van der Waals surface area contributed by atoms with Crippen LogP contribution in [0, 0.1) is 17.8 Å². The van der Waals surface area contributed by atoms with Crippen molar-refractivity contribution in [1.29, 1.82) is 0 Å². The molecule has 0 aromatic rings. The highest BCUT2D eigenvalue weighted by molar-refractivity contribution is 7.99. The number of aliphatic hydroxyl groups is 3. The van der Waals surface area contributed by atoms with E-state index in [-0.39, 0.29) is 17.9 Å². The second-order valence-electron chi connectivity index (χ2n) is 9.40. The van der Waals surface area contributed by atoms with Gasteiger partial charge >= 0.3 is 0 Å². The summed E-state index contributed by atoms with van der Waals surface area (Å²) in [7, 11) is 0. The molecular weight excluding hydrogens is 444 g/mol.